The lowest BCUT2D eigenvalue weighted by Gasteiger charge is -2.26. The monoisotopic (exact) mass is 360 g/mol. The molecule has 0 aromatic heterocycles. The highest BCUT2D eigenvalue weighted by Gasteiger charge is 2.44. The number of rotatable bonds is 4. The summed E-state index contributed by atoms with van der Waals surface area (Å²) in [5.74, 6) is -0.790. The molecule has 0 spiro atoms. The molecule has 0 heterocycles. The molecule has 0 aromatic carbocycles. The molecule has 0 bridgehead atoms. The summed E-state index contributed by atoms with van der Waals surface area (Å²) in [5, 5.41) is 3.08. The highest BCUT2D eigenvalue weighted by molar-refractivity contribution is 7.80. The number of hydrazine groups is 2. The van der Waals surface area contributed by atoms with E-state index in [1.165, 1.54) is 10.0 Å². The van der Waals surface area contributed by atoms with Gasteiger partial charge < -0.3 is 0 Å². The van der Waals surface area contributed by atoms with E-state index in [-0.39, 0.29) is 20.1 Å². The van der Waals surface area contributed by atoms with Crippen molar-refractivity contribution >= 4 is 46.2 Å². The summed E-state index contributed by atoms with van der Waals surface area (Å²) in [6.07, 6.45) is 3.87. The Hall–Kier alpha value is -1.28. The molecule has 6 nitrogen and oxygen atoms in total. The van der Waals surface area contributed by atoms with Crippen LogP contribution in [0.3, 0.4) is 0 Å². The zero-order valence-electron chi connectivity index (χ0n) is 14.1. The molecule has 0 aliphatic heterocycles. The van der Waals surface area contributed by atoms with Crippen LogP contribution in [0.5, 0.6) is 0 Å². The van der Waals surface area contributed by atoms with Gasteiger partial charge >= 0.3 is 0 Å². The summed E-state index contributed by atoms with van der Waals surface area (Å²) in [6, 6.07) is 0. The quantitative estimate of drug-likeness (QED) is 0.454. The third-order valence-corrected chi connectivity index (χ3v) is 6.08. The Balaban J connectivity index is 0.00000288. The van der Waals surface area contributed by atoms with Gasteiger partial charge in [-0.1, -0.05) is 38.3 Å². The third-order valence-electron chi connectivity index (χ3n) is 4.55. The first-order valence-corrected chi connectivity index (χ1v) is 8.54. The number of carbonyl (C=O) groups excluding carboxylic acids is 2. The van der Waals surface area contributed by atoms with Gasteiger partial charge in [-0.15, -0.1) is 0 Å². The number of amides is 2. The van der Waals surface area contributed by atoms with E-state index in [4.69, 9.17) is 24.4 Å². The molecule has 2 saturated carbocycles. The second-order valence-electron chi connectivity index (χ2n) is 7.10. The zero-order chi connectivity index (χ0) is 17.4. The maximum absolute atomic E-state index is 12.0. The van der Waals surface area contributed by atoms with Gasteiger partial charge in [-0.05, 0) is 25.7 Å². The third kappa shape index (κ3) is 4.38. The molecule has 2 rings (SSSR count). The minimum Gasteiger partial charge on any atom is -0.281 e. The van der Waals surface area contributed by atoms with Crippen LogP contribution in [0.4, 0.5) is 0 Å². The SMILES string of the molecule is CN(NC(=O)CC(=O)NN(C)C(=S)C1(C)CC1)C(=S)C1(C)CC1.[HH].[HH]. The lowest BCUT2D eigenvalue weighted by molar-refractivity contribution is -0.132. The molecular weight excluding hydrogens is 332 g/mol. The van der Waals surface area contributed by atoms with Gasteiger partial charge in [0.1, 0.15) is 16.4 Å². The molecule has 23 heavy (non-hydrogen) atoms. The van der Waals surface area contributed by atoms with E-state index < -0.39 is 11.8 Å². The van der Waals surface area contributed by atoms with Crippen LogP contribution in [-0.2, 0) is 9.59 Å². The highest BCUT2D eigenvalue weighted by atomic mass is 32.1. The average Bonchev–Trinajstić information content (AvgIpc) is 3.37. The van der Waals surface area contributed by atoms with Crippen LogP contribution in [0.25, 0.3) is 0 Å². The Kier molecular flexibility index (Phi) is 4.96. The summed E-state index contributed by atoms with van der Waals surface area (Å²) in [4.78, 5) is 25.3. The lowest BCUT2D eigenvalue weighted by Crippen LogP contribution is -2.49. The van der Waals surface area contributed by atoms with Crippen LogP contribution in [0, 0.1) is 10.8 Å². The molecule has 132 valence electrons. The maximum atomic E-state index is 12.0. The van der Waals surface area contributed by atoms with Crippen LogP contribution in [0.15, 0.2) is 0 Å². The molecule has 0 radical (unpaired) electrons. The van der Waals surface area contributed by atoms with E-state index in [1.54, 1.807) is 14.1 Å². The molecule has 0 unspecified atom stereocenters. The van der Waals surface area contributed by atoms with Crippen LogP contribution in [0.2, 0.25) is 0 Å². The summed E-state index contributed by atoms with van der Waals surface area (Å²) in [5.41, 5.74) is 5.30. The maximum Gasteiger partial charge on any atom is 0.248 e. The van der Waals surface area contributed by atoms with Gasteiger partial charge in [-0.25, -0.2) is 0 Å². The minimum atomic E-state index is -0.395. The van der Waals surface area contributed by atoms with E-state index in [0.29, 0.717) is 9.98 Å². The fourth-order valence-corrected chi connectivity index (χ4v) is 2.81. The first-order valence-electron chi connectivity index (χ1n) is 7.73. The van der Waals surface area contributed by atoms with Crippen LogP contribution in [-0.4, -0.2) is 45.9 Å². The molecule has 2 amide bonds. The topological polar surface area (TPSA) is 64.7 Å². The van der Waals surface area contributed by atoms with Gasteiger partial charge in [0, 0.05) is 27.8 Å². The average molecular weight is 361 g/mol. The second-order valence-corrected chi connectivity index (χ2v) is 7.87. The standard InChI is InChI=1S/C15H24N4O2S2.2H2/c1-14(5-6-14)12(22)18(3)16-10(20)9-11(21)17-19(4)13(23)15(2)7-8-15;;/h5-9H2,1-4H3,(H,16,20)(H,17,21);2*1H. The molecule has 2 N–H and O–H groups in total. The zero-order valence-corrected chi connectivity index (χ0v) is 15.7. The molecule has 2 fully saturated rings. The molecule has 8 heteroatoms. The van der Waals surface area contributed by atoms with Crippen LogP contribution < -0.4 is 10.9 Å². The Morgan fingerprint density at radius 3 is 1.48 bits per heavy atom. The van der Waals surface area contributed by atoms with Crippen molar-refractivity contribution in [2.75, 3.05) is 14.1 Å². The van der Waals surface area contributed by atoms with Gasteiger partial charge in [0.2, 0.25) is 11.8 Å². The normalized spacial score (nSPS) is 19.3. The number of carbonyl (C=O) groups is 2. The summed E-state index contributed by atoms with van der Waals surface area (Å²) in [7, 11) is 3.41. The van der Waals surface area contributed by atoms with E-state index in [1.807, 2.05) is 0 Å². The van der Waals surface area contributed by atoms with Gasteiger partial charge in [0.05, 0.1) is 0 Å². The van der Waals surface area contributed by atoms with Crippen molar-refractivity contribution in [3.8, 4) is 0 Å². The van der Waals surface area contributed by atoms with E-state index in [0.717, 1.165) is 25.7 Å². The summed E-state index contributed by atoms with van der Waals surface area (Å²) in [6.45, 7) is 4.14. The van der Waals surface area contributed by atoms with Crippen molar-refractivity contribution < 1.29 is 12.4 Å². The van der Waals surface area contributed by atoms with Crippen molar-refractivity contribution in [3.05, 3.63) is 0 Å². The number of hydrogen-bond acceptors (Lipinski definition) is 4. The fourth-order valence-electron chi connectivity index (χ4n) is 2.31. The van der Waals surface area contributed by atoms with Crippen molar-refractivity contribution in [1.29, 1.82) is 0 Å². The number of nitrogens with one attached hydrogen (secondary N) is 2. The van der Waals surface area contributed by atoms with E-state index in [9.17, 15) is 9.59 Å². The molecule has 2 aliphatic rings. The number of hydrogen-bond donors (Lipinski definition) is 2. The van der Waals surface area contributed by atoms with Crippen LogP contribution >= 0.6 is 24.4 Å². The Morgan fingerprint density at radius 2 is 1.22 bits per heavy atom. The van der Waals surface area contributed by atoms with E-state index in [2.05, 4.69) is 24.7 Å². The van der Waals surface area contributed by atoms with Gasteiger partial charge in [-0.3, -0.25) is 30.5 Å². The summed E-state index contributed by atoms with van der Waals surface area (Å²) >= 11 is 10.7. The molecule has 0 saturated heterocycles. The first kappa shape index (κ1) is 18.1. The van der Waals surface area contributed by atoms with Crippen molar-refractivity contribution in [2.24, 2.45) is 10.8 Å². The van der Waals surface area contributed by atoms with Crippen LogP contribution in [0.1, 0.15) is 48.8 Å². The summed E-state index contributed by atoms with van der Waals surface area (Å²) < 4.78 is 0. The predicted molar refractivity (Wildman–Crippen MR) is 101 cm³/mol. The lowest BCUT2D eigenvalue weighted by atomic mass is 10.1. The predicted octanol–water partition coefficient (Wildman–Crippen LogP) is 2.05. The molecule has 0 aromatic rings. The molecule has 2 aliphatic carbocycles. The van der Waals surface area contributed by atoms with Crippen molar-refractivity contribution in [2.45, 2.75) is 46.0 Å². The number of thiocarbonyl (C=S) groups is 2. The Morgan fingerprint density at radius 1 is 0.913 bits per heavy atom. The van der Waals surface area contributed by atoms with E-state index >= 15 is 0 Å². The highest BCUT2D eigenvalue weighted by Crippen LogP contribution is 2.47. The Bertz CT molecular complexity index is 518. The largest absolute Gasteiger partial charge is 0.281 e. The van der Waals surface area contributed by atoms with Gasteiger partial charge in [0.15, 0.2) is 0 Å². The molecule has 0 atom stereocenters. The number of nitrogens with zero attached hydrogens (tertiary/aromatic N) is 2. The Labute approximate surface area is 150 Å². The van der Waals surface area contributed by atoms with Crippen molar-refractivity contribution in [3.63, 3.8) is 0 Å². The molecular formula is C15H28N4O2S2. The van der Waals surface area contributed by atoms with Gasteiger partial charge in [0.25, 0.3) is 0 Å². The minimum absolute atomic E-state index is 0. The van der Waals surface area contributed by atoms with Crippen molar-refractivity contribution in [1.82, 2.24) is 20.9 Å². The smallest absolute Gasteiger partial charge is 0.248 e. The van der Waals surface area contributed by atoms with Gasteiger partial charge in [-0.2, -0.15) is 0 Å². The first-order chi connectivity index (χ1) is 10.6. The second kappa shape index (κ2) is 6.32. The fraction of sp³-hybridized carbons (Fsp3) is 0.733.